The normalized spacial score (nSPS) is 14.0. The van der Waals surface area contributed by atoms with Crippen LogP contribution in [0.4, 0.5) is 5.69 Å². The summed E-state index contributed by atoms with van der Waals surface area (Å²) < 4.78 is 0. The van der Waals surface area contributed by atoms with Gasteiger partial charge < -0.3 is 10.8 Å². The summed E-state index contributed by atoms with van der Waals surface area (Å²) in [7, 11) is 0. The van der Waals surface area contributed by atoms with Gasteiger partial charge >= 0.3 is 5.97 Å². The summed E-state index contributed by atoms with van der Waals surface area (Å²) in [5.41, 5.74) is 6.01. The van der Waals surface area contributed by atoms with E-state index in [1.165, 1.54) is 0 Å². The number of carboxylic acid groups (broad SMARTS) is 1. The van der Waals surface area contributed by atoms with Gasteiger partial charge in [-0.3, -0.25) is 4.79 Å². The Kier molecular flexibility index (Phi) is 4.24. The van der Waals surface area contributed by atoms with Crippen molar-refractivity contribution in [2.75, 3.05) is 5.73 Å². The van der Waals surface area contributed by atoms with Crippen molar-refractivity contribution < 1.29 is 9.90 Å². The van der Waals surface area contributed by atoms with Gasteiger partial charge in [-0.1, -0.05) is 23.2 Å². The molecule has 0 amide bonds. The summed E-state index contributed by atoms with van der Waals surface area (Å²) in [4.78, 5) is 9.76. The molecule has 0 bridgehead atoms. The molecule has 0 aliphatic heterocycles. The van der Waals surface area contributed by atoms with Crippen LogP contribution < -0.4 is 5.73 Å². The molecule has 1 aliphatic carbocycles. The van der Waals surface area contributed by atoms with E-state index in [0.29, 0.717) is 15.7 Å². The molecule has 0 aromatic heterocycles. The number of anilines is 1. The molecule has 1 saturated carbocycles. The van der Waals surface area contributed by atoms with E-state index in [1.54, 1.807) is 18.2 Å². The fourth-order valence-corrected chi connectivity index (χ4v) is 1.15. The van der Waals surface area contributed by atoms with Crippen molar-refractivity contribution in [3.8, 4) is 0 Å². The summed E-state index contributed by atoms with van der Waals surface area (Å²) in [6.07, 6.45) is 1.80. The van der Waals surface area contributed by atoms with Crippen molar-refractivity contribution in [1.82, 2.24) is 0 Å². The van der Waals surface area contributed by atoms with Crippen molar-refractivity contribution in [2.45, 2.75) is 12.8 Å². The van der Waals surface area contributed by atoms with E-state index < -0.39 is 5.97 Å². The van der Waals surface area contributed by atoms with Crippen molar-refractivity contribution in [2.24, 2.45) is 5.92 Å². The Morgan fingerprint density at radius 2 is 1.93 bits per heavy atom. The van der Waals surface area contributed by atoms with Crippen LogP contribution in [0.25, 0.3) is 0 Å². The largest absolute Gasteiger partial charge is 0.481 e. The number of aliphatic carboxylic acids is 1. The molecular weight excluding hydrogens is 237 g/mol. The third kappa shape index (κ3) is 4.40. The minimum Gasteiger partial charge on any atom is -0.481 e. The minimum absolute atomic E-state index is 0.0185. The number of carboxylic acids is 1. The molecule has 0 heterocycles. The molecule has 0 saturated heterocycles. The number of hydrogen-bond donors (Lipinski definition) is 2. The second kappa shape index (κ2) is 5.24. The summed E-state index contributed by atoms with van der Waals surface area (Å²) >= 11 is 11.2. The van der Waals surface area contributed by atoms with Crippen LogP contribution >= 0.6 is 23.2 Å². The number of rotatable bonds is 1. The van der Waals surface area contributed by atoms with Gasteiger partial charge in [0.15, 0.2) is 0 Å². The van der Waals surface area contributed by atoms with Crippen molar-refractivity contribution >= 4 is 34.9 Å². The van der Waals surface area contributed by atoms with E-state index in [4.69, 9.17) is 34.0 Å². The molecule has 1 aromatic carbocycles. The molecule has 1 aliphatic rings. The minimum atomic E-state index is -0.630. The topological polar surface area (TPSA) is 63.3 Å². The molecule has 0 spiro atoms. The lowest BCUT2D eigenvalue weighted by atomic mass is 10.3. The third-order valence-electron chi connectivity index (χ3n) is 1.87. The lowest BCUT2D eigenvalue weighted by Gasteiger charge is -1.94. The quantitative estimate of drug-likeness (QED) is 0.750. The number of halogens is 2. The van der Waals surface area contributed by atoms with Crippen LogP contribution in [0, 0.1) is 5.92 Å². The van der Waals surface area contributed by atoms with Gasteiger partial charge in [-0.2, -0.15) is 0 Å². The van der Waals surface area contributed by atoms with Gasteiger partial charge in [-0.25, -0.2) is 0 Å². The molecule has 82 valence electrons. The summed E-state index contributed by atoms with van der Waals surface area (Å²) in [5, 5.41) is 9.08. The van der Waals surface area contributed by atoms with Crippen LogP contribution in [0.1, 0.15) is 12.8 Å². The van der Waals surface area contributed by atoms with Gasteiger partial charge in [0.25, 0.3) is 0 Å². The van der Waals surface area contributed by atoms with E-state index in [-0.39, 0.29) is 5.92 Å². The van der Waals surface area contributed by atoms with Crippen molar-refractivity contribution in [3.63, 3.8) is 0 Å². The van der Waals surface area contributed by atoms with E-state index in [9.17, 15) is 4.79 Å². The lowest BCUT2D eigenvalue weighted by molar-refractivity contribution is -0.138. The van der Waals surface area contributed by atoms with Crippen LogP contribution in [0.15, 0.2) is 18.2 Å². The summed E-state index contributed by atoms with van der Waals surface area (Å²) in [6.45, 7) is 0. The first-order chi connectivity index (χ1) is 7.00. The Balaban J connectivity index is 0.000000162. The number of benzene rings is 1. The monoisotopic (exact) mass is 247 g/mol. The molecule has 0 radical (unpaired) electrons. The molecule has 0 atom stereocenters. The molecule has 3 N–H and O–H groups in total. The maximum absolute atomic E-state index is 9.76. The smallest absolute Gasteiger partial charge is 0.306 e. The highest BCUT2D eigenvalue weighted by atomic mass is 35.5. The summed E-state index contributed by atoms with van der Waals surface area (Å²) in [6, 6.07) is 4.98. The number of carbonyl (C=O) groups is 1. The Labute approximate surface area is 97.8 Å². The second-order valence-electron chi connectivity index (χ2n) is 3.29. The molecule has 5 heteroatoms. The van der Waals surface area contributed by atoms with E-state index in [1.807, 2.05) is 0 Å². The number of nitrogens with two attached hydrogens (primary N) is 1. The Bertz CT molecular complexity index is 364. The van der Waals surface area contributed by atoms with E-state index >= 15 is 0 Å². The predicted octanol–water partition coefficient (Wildman–Crippen LogP) is 3.06. The first-order valence-corrected chi connectivity index (χ1v) is 5.19. The van der Waals surface area contributed by atoms with Crippen molar-refractivity contribution in [1.29, 1.82) is 0 Å². The van der Waals surface area contributed by atoms with Gasteiger partial charge in [0.05, 0.1) is 16.0 Å². The standard InChI is InChI=1S/C6H5Cl2N.C4H6O2/c7-5-2-1-4(9)3-6(5)8;5-4(6)3-1-2-3/h1-3H,9H2;3H,1-2H2,(H,5,6). The number of nitrogen functional groups attached to an aromatic ring is 1. The Morgan fingerprint density at radius 3 is 2.20 bits per heavy atom. The average molecular weight is 248 g/mol. The fourth-order valence-electron chi connectivity index (χ4n) is 0.843. The Hall–Kier alpha value is -0.930. The highest BCUT2D eigenvalue weighted by molar-refractivity contribution is 6.42. The van der Waals surface area contributed by atoms with Gasteiger partial charge in [-0.15, -0.1) is 0 Å². The lowest BCUT2D eigenvalue weighted by Crippen LogP contribution is -1.94. The average Bonchev–Trinajstić information content (AvgIpc) is 2.95. The summed E-state index contributed by atoms with van der Waals surface area (Å²) in [5.74, 6) is -0.611. The number of hydrogen-bond acceptors (Lipinski definition) is 2. The predicted molar refractivity (Wildman–Crippen MR) is 61.2 cm³/mol. The highest BCUT2D eigenvalue weighted by Gasteiger charge is 2.28. The third-order valence-corrected chi connectivity index (χ3v) is 2.61. The first kappa shape index (κ1) is 12.1. The van der Waals surface area contributed by atoms with Crippen LogP contribution in [-0.4, -0.2) is 11.1 Å². The van der Waals surface area contributed by atoms with Crippen LogP contribution in [-0.2, 0) is 4.79 Å². The zero-order valence-electron chi connectivity index (χ0n) is 7.91. The van der Waals surface area contributed by atoms with Crippen LogP contribution in [0.3, 0.4) is 0 Å². The van der Waals surface area contributed by atoms with Crippen molar-refractivity contribution in [3.05, 3.63) is 28.2 Å². The molecule has 3 nitrogen and oxygen atoms in total. The zero-order chi connectivity index (χ0) is 11.4. The molecule has 15 heavy (non-hydrogen) atoms. The molecular formula is C10H11Cl2NO2. The molecule has 2 rings (SSSR count). The van der Waals surface area contributed by atoms with Crippen LogP contribution in [0.2, 0.25) is 10.0 Å². The van der Waals surface area contributed by atoms with Gasteiger partial charge in [0, 0.05) is 5.69 Å². The van der Waals surface area contributed by atoms with Gasteiger partial charge in [0.2, 0.25) is 0 Å². The fraction of sp³-hybridized carbons (Fsp3) is 0.300. The molecule has 1 fully saturated rings. The zero-order valence-corrected chi connectivity index (χ0v) is 9.42. The first-order valence-electron chi connectivity index (χ1n) is 4.44. The van der Waals surface area contributed by atoms with E-state index in [2.05, 4.69) is 0 Å². The SMILES string of the molecule is Nc1ccc(Cl)c(Cl)c1.O=C(O)C1CC1. The highest BCUT2D eigenvalue weighted by Crippen LogP contribution is 2.28. The van der Waals surface area contributed by atoms with Gasteiger partial charge in [0.1, 0.15) is 0 Å². The molecule has 0 unspecified atom stereocenters. The van der Waals surface area contributed by atoms with E-state index in [0.717, 1.165) is 12.8 Å². The van der Waals surface area contributed by atoms with Crippen LogP contribution in [0.5, 0.6) is 0 Å². The molecule has 1 aromatic rings. The second-order valence-corrected chi connectivity index (χ2v) is 4.10. The maximum atomic E-state index is 9.76. The Morgan fingerprint density at radius 1 is 1.33 bits per heavy atom. The maximum Gasteiger partial charge on any atom is 0.306 e. The van der Waals surface area contributed by atoms with Gasteiger partial charge in [-0.05, 0) is 31.0 Å².